The molecule has 1 saturated carbocycles. The summed E-state index contributed by atoms with van der Waals surface area (Å²) in [6.07, 6.45) is 3.59. The van der Waals surface area contributed by atoms with E-state index in [1.807, 2.05) is 0 Å². The van der Waals surface area contributed by atoms with Crippen molar-refractivity contribution >= 4 is 23.8 Å². The summed E-state index contributed by atoms with van der Waals surface area (Å²) in [6.45, 7) is 0. The molecule has 0 radical (unpaired) electrons. The number of fused-ring (bicyclic) bond motifs is 1. The first kappa shape index (κ1) is 7.81. The fourth-order valence-corrected chi connectivity index (χ4v) is 1.81. The Hall–Kier alpha value is -1.56. The molecular weight excluding hydrogens is 180 g/mol. The van der Waals surface area contributed by atoms with Crippen LogP contribution in [0.3, 0.4) is 0 Å². The summed E-state index contributed by atoms with van der Waals surface area (Å²) in [6, 6.07) is 0. The van der Waals surface area contributed by atoms with Crippen LogP contribution in [-0.4, -0.2) is 29.5 Å². The van der Waals surface area contributed by atoms with Crippen LogP contribution in [0, 0.1) is 5.92 Å². The van der Waals surface area contributed by atoms with Gasteiger partial charge in [-0.3, -0.25) is 0 Å². The van der Waals surface area contributed by atoms with Crippen molar-refractivity contribution in [3.63, 3.8) is 0 Å². The van der Waals surface area contributed by atoms with E-state index in [9.17, 15) is 0 Å². The van der Waals surface area contributed by atoms with Crippen LogP contribution in [0.15, 0.2) is 20.0 Å². The highest BCUT2D eigenvalue weighted by Gasteiger charge is 2.50. The van der Waals surface area contributed by atoms with Gasteiger partial charge in [0, 0.05) is 5.92 Å². The standard InChI is InChI=1S/C8H10N6/c9-7-13-6-5(11-3-12-6)8(10,14-7)4-1-2-4/h3-4H,1-2,10H2,(H2,9,14). The van der Waals surface area contributed by atoms with Crippen molar-refractivity contribution in [2.75, 3.05) is 0 Å². The zero-order valence-electron chi connectivity index (χ0n) is 7.51. The normalized spacial score (nSPS) is 34.8. The van der Waals surface area contributed by atoms with Crippen LogP contribution in [0.4, 0.5) is 0 Å². The first-order valence-electron chi connectivity index (χ1n) is 4.54. The molecule has 0 aromatic rings. The Morgan fingerprint density at radius 3 is 2.93 bits per heavy atom. The van der Waals surface area contributed by atoms with Crippen molar-refractivity contribution in [2.45, 2.75) is 18.5 Å². The van der Waals surface area contributed by atoms with E-state index in [4.69, 9.17) is 11.5 Å². The second-order valence-corrected chi connectivity index (χ2v) is 3.73. The van der Waals surface area contributed by atoms with Gasteiger partial charge in [0.1, 0.15) is 12.1 Å². The van der Waals surface area contributed by atoms with Crippen molar-refractivity contribution in [3.8, 4) is 0 Å². The van der Waals surface area contributed by atoms with Crippen LogP contribution >= 0.6 is 0 Å². The lowest BCUT2D eigenvalue weighted by molar-refractivity contribution is 0.523. The molecule has 72 valence electrons. The van der Waals surface area contributed by atoms with E-state index in [1.54, 1.807) is 0 Å². The Kier molecular flexibility index (Phi) is 1.27. The fraction of sp³-hybridized carbons (Fsp3) is 0.500. The van der Waals surface area contributed by atoms with Crippen LogP contribution in [0.1, 0.15) is 12.8 Å². The highest BCUT2D eigenvalue weighted by atomic mass is 15.2. The molecule has 1 fully saturated rings. The lowest BCUT2D eigenvalue weighted by Crippen LogP contribution is -2.54. The lowest BCUT2D eigenvalue weighted by atomic mass is 9.98. The quantitative estimate of drug-likeness (QED) is 0.569. The van der Waals surface area contributed by atoms with Crippen LogP contribution < -0.4 is 11.5 Å². The molecule has 0 amide bonds. The molecule has 2 heterocycles. The molecule has 1 atom stereocenters. The maximum Gasteiger partial charge on any atom is 0.219 e. The third-order valence-corrected chi connectivity index (χ3v) is 2.68. The summed E-state index contributed by atoms with van der Waals surface area (Å²) in [5.74, 6) is 1.06. The number of guanidine groups is 1. The first-order chi connectivity index (χ1) is 6.70. The molecule has 2 aliphatic heterocycles. The van der Waals surface area contributed by atoms with Crippen molar-refractivity contribution in [1.82, 2.24) is 0 Å². The van der Waals surface area contributed by atoms with E-state index in [0.717, 1.165) is 12.8 Å². The first-order valence-corrected chi connectivity index (χ1v) is 4.54. The minimum atomic E-state index is -0.780. The van der Waals surface area contributed by atoms with Crippen LogP contribution in [-0.2, 0) is 0 Å². The molecule has 0 spiro atoms. The molecule has 0 saturated heterocycles. The molecular formula is C8H10N6. The SMILES string of the molecule is NC1=NC(N)(C2CC2)C2=NC=NC2=N1. The van der Waals surface area contributed by atoms with Crippen molar-refractivity contribution in [2.24, 2.45) is 37.4 Å². The molecule has 4 N–H and O–H groups in total. The lowest BCUT2D eigenvalue weighted by Gasteiger charge is -2.27. The summed E-state index contributed by atoms with van der Waals surface area (Å²) < 4.78 is 0. The van der Waals surface area contributed by atoms with Gasteiger partial charge in [0.15, 0.2) is 11.5 Å². The maximum absolute atomic E-state index is 6.18. The average Bonchev–Trinajstić information content (AvgIpc) is 2.87. The van der Waals surface area contributed by atoms with Gasteiger partial charge in [-0.25, -0.2) is 15.0 Å². The predicted octanol–water partition coefficient (Wildman–Crippen LogP) is -0.739. The smallest absolute Gasteiger partial charge is 0.219 e. The number of nitrogens with zero attached hydrogens (tertiary/aromatic N) is 4. The van der Waals surface area contributed by atoms with Gasteiger partial charge in [0.25, 0.3) is 0 Å². The van der Waals surface area contributed by atoms with Gasteiger partial charge < -0.3 is 11.5 Å². The van der Waals surface area contributed by atoms with Gasteiger partial charge in [-0.05, 0) is 12.8 Å². The van der Waals surface area contributed by atoms with E-state index in [1.165, 1.54) is 6.34 Å². The Balaban J connectivity index is 2.11. The van der Waals surface area contributed by atoms with Gasteiger partial charge in [-0.15, -0.1) is 0 Å². The van der Waals surface area contributed by atoms with Gasteiger partial charge in [0.2, 0.25) is 5.96 Å². The van der Waals surface area contributed by atoms with E-state index < -0.39 is 5.66 Å². The molecule has 0 aromatic carbocycles. The van der Waals surface area contributed by atoms with Crippen LogP contribution in [0.25, 0.3) is 0 Å². The Morgan fingerprint density at radius 2 is 2.21 bits per heavy atom. The number of hydrogen-bond acceptors (Lipinski definition) is 6. The van der Waals surface area contributed by atoms with Gasteiger partial charge >= 0.3 is 0 Å². The Morgan fingerprint density at radius 1 is 1.43 bits per heavy atom. The second-order valence-electron chi connectivity index (χ2n) is 3.73. The van der Waals surface area contributed by atoms with E-state index in [-0.39, 0.29) is 5.96 Å². The Labute approximate surface area is 80.5 Å². The molecule has 6 nitrogen and oxygen atoms in total. The largest absolute Gasteiger partial charge is 0.368 e. The third-order valence-electron chi connectivity index (χ3n) is 2.68. The number of amidine groups is 1. The van der Waals surface area contributed by atoms with Gasteiger partial charge in [-0.1, -0.05) is 0 Å². The second kappa shape index (κ2) is 2.27. The van der Waals surface area contributed by atoms with E-state index >= 15 is 0 Å². The van der Waals surface area contributed by atoms with Crippen LogP contribution in [0.5, 0.6) is 0 Å². The fourth-order valence-electron chi connectivity index (χ4n) is 1.81. The summed E-state index contributed by atoms with van der Waals surface area (Å²) >= 11 is 0. The summed E-state index contributed by atoms with van der Waals surface area (Å²) in [5, 5.41) is 0. The number of nitrogens with two attached hydrogens (primary N) is 2. The molecule has 1 unspecified atom stereocenters. The van der Waals surface area contributed by atoms with Crippen molar-refractivity contribution in [1.29, 1.82) is 0 Å². The monoisotopic (exact) mass is 190 g/mol. The minimum absolute atomic E-state index is 0.201. The third kappa shape index (κ3) is 0.884. The minimum Gasteiger partial charge on any atom is -0.368 e. The molecule has 6 heteroatoms. The van der Waals surface area contributed by atoms with E-state index in [0.29, 0.717) is 17.5 Å². The summed E-state index contributed by atoms with van der Waals surface area (Å²) in [7, 11) is 0. The summed E-state index contributed by atoms with van der Waals surface area (Å²) in [4.78, 5) is 16.3. The number of hydrogen-bond donors (Lipinski definition) is 2. The zero-order chi connectivity index (χ0) is 9.76. The number of rotatable bonds is 1. The molecule has 3 rings (SSSR count). The van der Waals surface area contributed by atoms with Gasteiger partial charge in [-0.2, -0.15) is 4.99 Å². The maximum atomic E-state index is 6.18. The van der Waals surface area contributed by atoms with Crippen molar-refractivity contribution in [3.05, 3.63) is 0 Å². The van der Waals surface area contributed by atoms with Crippen LogP contribution in [0.2, 0.25) is 0 Å². The van der Waals surface area contributed by atoms with E-state index in [2.05, 4.69) is 20.0 Å². The summed E-state index contributed by atoms with van der Waals surface area (Å²) in [5.41, 5.74) is 11.6. The highest BCUT2D eigenvalue weighted by Crippen LogP contribution is 2.41. The predicted molar refractivity (Wildman–Crippen MR) is 54.6 cm³/mol. The molecule has 1 aliphatic carbocycles. The number of aliphatic imine (C=N–C) groups is 4. The molecule has 0 aromatic heterocycles. The average molecular weight is 190 g/mol. The zero-order valence-corrected chi connectivity index (χ0v) is 7.51. The molecule has 14 heavy (non-hydrogen) atoms. The van der Waals surface area contributed by atoms with Gasteiger partial charge in [0.05, 0.1) is 0 Å². The molecule has 3 aliphatic rings. The topological polar surface area (TPSA) is 101 Å². The molecule has 0 bridgehead atoms. The Bertz CT molecular complexity index is 414. The van der Waals surface area contributed by atoms with Crippen molar-refractivity contribution < 1.29 is 0 Å². The highest BCUT2D eigenvalue weighted by molar-refractivity contribution is 6.51.